The predicted octanol–water partition coefficient (Wildman–Crippen LogP) is 1.12. The Kier molecular flexibility index (Phi) is 2.03. The maximum Gasteiger partial charge on any atom is 0.219 e. The van der Waals surface area contributed by atoms with E-state index in [9.17, 15) is 8.78 Å². The molecule has 4 nitrogen and oxygen atoms in total. The quantitative estimate of drug-likeness (QED) is 0.693. The average molecular weight is 210 g/mol. The summed E-state index contributed by atoms with van der Waals surface area (Å²) >= 11 is 0. The van der Waals surface area contributed by atoms with Gasteiger partial charge in [0, 0.05) is 5.56 Å². The molecule has 1 aromatic carbocycles. The first-order chi connectivity index (χ1) is 7.08. The second-order valence-corrected chi connectivity index (χ2v) is 3.02. The predicted molar refractivity (Wildman–Crippen MR) is 52.1 cm³/mol. The highest BCUT2D eigenvalue weighted by Crippen LogP contribution is 2.20. The first kappa shape index (κ1) is 9.45. The van der Waals surface area contributed by atoms with Crippen LogP contribution in [0.1, 0.15) is 0 Å². The van der Waals surface area contributed by atoms with Crippen LogP contribution in [0.3, 0.4) is 0 Å². The zero-order valence-corrected chi connectivity index (χ0v) is 7.61. The Morgan fingerprint density at radius 2 is 1.93 bits per heavy atom. The van der Waals surface area contributed by atoms with Gasteiger partial charge in [0.15, 0.2) is 11.6 Å². The van der Waals surface area contributed by atoms with E-state index in [4.69, 9.17) is 11.6 Å². The van der Waals surface area contributed by atoms with Crippen molar-refractivity contribution < 1.29 is 8.78 Å². The van der Waals surface area contributed by atoms with Gasteiger partial charge in [-0.05, 0) is 18.2 Å². The zero-order chi connectivity index (χ0) is 11.0. The van der Waals surface area contributed by atoms with Crippen molar-refractivity contribution in [1.29, 1.82) is 0 Å². The second-order valence-electron chi connectivity index (χ2n) is 3.02. The minimum atomic E-state index is -0.933. The molecule has 0 atom stereocenters. The van der Waals surface area contributed by atoms with E-state index >= 15 is 0 Å². The Bertz CT molecular complexity index is 487. The molecule has 0 saturated heterocycles. The summed E-state index contributed by atoms with van der Waals surface area (Å²) in [6.45, 7) is 0. The summed E-state index contributed by atoms with van der Waals surface area (Å²) in [5.74, 6) is 3.68. The fraction of sp³-hybridized carbons (Fsp3) is 0. The fourth-order valence-electron chi connectivity index (χ4n) is 1.20. The van der Waals surface area contributed by atoms with Crippen molar-refractivity contribution in [3.05, 3.63) is 36.0 Å². The summed E-state index contributed by atoms with van der Waals surface area (Å²) in [6, 6.07) is 3.47. The molecule has 0 saturated carbocycles. The van der Waals surface area contributed by atoms with Gasteiger partial charge in [0.2, 0.25) is 5.95 Å². The molecule has 0 spiro atoms. The van der Waals surface area contributed by atoms with Crippen LogP contribution in [0.25, 0.3) is 11.3 Å². The number of imidazole rings is 1. The molecule has 0 unspecified atom stereocenters. The SMILES string of the molecule is Nc1nc(-c2ccc(F)c(F)c2)cn1N. The highest BCUT2D eigenvalue weighted by molar-refractivity contribution is 5.60. The zero-order valence-electron chi connectivity index (χ0n) is 7.61. The van der Waals surface area contributed by atoms with Crippen molar-refractivity contribution in [2.45, 2.75) is 0 Å². The first-order valence-corrected chi connectivity index (χ1v) is 4.13. The molecular weight excluding hydrogens is 202 g/mol. The molecule has 1 aromatic heterocycles. The van der Waals surface area contributed by atoms with Gasteiger partial charge in [0.05, 0.1) is 11.9 Å². The molecule has 0 aliphatic carbocycles. The van der Waals surface area contributed by atoms with Gasteiger partial charge in [-0.1, -0.05) is 0 Å². The van der Waals surface area contributed by atoms with E-state index in [1.54, 1.807) is 0 Å². The van der Waals surface area contributed by atoms with Crippen molar-refractivity contribution in [3.63, 3.8) is 0 Å². The molecule has 4 N–H and O–H groups in total. The van der Waals surface area contributed by atoms with Gasteiger partial charge < -0.3 is 11.6 Å². The van der Waals surface area contributed by atoms with Crippen LogP contribution < -0.4 is 11.6 Å². The highest BCUT2D eigenvalue weighted by Gasteiger charge is 2.08. The molecule has 0 bridgehead atoms. The van der Waals surface area contributed by atoms with Crippen molar-refractivity contribution in [2.75, 3.05) is 11.6 Å². The highest BCUT2D eigenvalue weighted by atomic mass is 19.2. The van der Waals surface area contributed by atoms with Gasteiger partial charge in [-0.25, -0.2) is 18.4 Å². The Balaban J connectivity index is 2.49. The van der Waals surface area contributed by atoms with Gasteiger partial charge in [0.25, 0.3) is 0 Å². The van der Waals surface area contributed by atoms with Gasteiger partial charge in [0.1, 0.15) is 0 Å². The molecule has 0 radical (unpaired) electrons. The maximum atomic E-state index is 12.9. The summed E-state index contributed by atoms with van der Waals surface area (Å²) in [6.07, 6.45) is 1.43. The number of rotatable bonds is 1. The molecule has 1 heterocycles. The number of benzene rings is 1. The second kappa shape index (κ2) is 3.23. The Morgan fingerprint density at radius 1 is 1.20 bits per heavy atom. The fourth-order valence-corrected chi connectivity index (χ4v) is 1.20. The number of nitrogens with zero attached hydrogens (tertiary/aromatic N) is 2. The van der Waals surface area contributed by atoms with Crippen LogP contribution in [0.4, 0.5) is 14.7 Å². The normalized spacial score (nSPS) is 10.5. The smallest absolute Gasteiger partial charge is 0.219 e. The topological polar surface area (TPSA) is 69.9 Å². The molecule has 2 rings (SSSR count). The van der Waals surface area contributed by atoms with E-state index in [1.165, 1.54) is 12.3 Å². The number of nitrogens with two attached hydrogens (primary N) is 2. The Hall–Kier alpha value is -2.11. The van der Waals surface area contributed by atoms with Crippen LogP contribution in [-0.4, -0.2) is 9.66 Å². The Labute approximate surface area is 84.1 Å². The van der Waals surface area contributed by atoms with Crippen LogP contribution in [0.5, 0.6) is 0 Å². The van der Waals surface area contributed by atoms with Crippen LogP contribution in [-0.2, 0) is 0 Å². The third-order valence-corrected chi connectivity index (χ3v) is 1.98. The molecule has 15 heavy (non-hydrogen) atoms. The summed E-state index contributed by atoms with van der Waals surface area (Å²) in [5, 5.41) is 0. The van der Waals surface area contributed by atoms with E-state index in [0.29, 0.717) is 11.3 Å². The number of anilines is 1. The summed E-state index contributed by atoms with van der Waals surface area (Å²) in [5.41, 5.74) is 6.22. The third kappa shape index (κ3) is 1.61. The molecule has 0 aliphatic heterocycles. The first-order valence-electron chi connectivity index (χ1n) is 4.13. The van der Waals surface area contributed by atoms with Crippen molar-refractivity contribution in [3.8, 4) is 11.3 Å². The number of aromatic nitrogens is 2. The average Bonchev–Trinajstić information content (AvgIpc) is 2.52. The van der Waals surface area contributed by atoms with E-state index < -0.39 is 11.6 Å². The summed E-state index contributed by atoms with van der Waals surface area (Å²) in [4.78, 5) is 3.88. The van der Waals surface area contributed by atoms with Crippen LogP contribution in [0.2, 0.25) is 0 Å². The maximum absolute atomic E-state index is 12.9. The standard InChI is InChI=1S/C9H8F2N4/c10-6-2-1-5(3-7(6)11)8-4-15(13)9(12)14-8/h1-4H,13H2,(H2,12,14). The van der Waals surface area contributed by atoms with Crippen LogP contribution in [0.15, 0.2) is 24.4 Å². The molecule has 78 valence electrons. The minimum absolute atomic E-state index is 0.106. The van der Waals surface area contributed by atoms with Gasteiger partial charge >= 0.3 is 0 Å². The lowest BCUT2D eigenvalue weighted by Gasteiger charge is -1.96. The number of hydrogen-bond donors (Lipinski definition) is 2. The third-order valence-electron chi connectivity index (χ3n) is 1.98. The van der Waals surface area contributed by atoms with E-state index in [2.05, 4.69) is 4.98 Å². The van der Waals surface area contributed by atoms with E-state index in [1.807, 2.05) is 0 Å². The largest absolute Gasteiger partial charge is 0.368 e. The molecule has 0 fully saturated rings. The molecule has 2 aromatic rings. The monoisotopic (exact) mass is 210 g/mol. The van der Waals surface area contributed by atoms with Crippen molar-refractivity contribution >= 4 is 5.95 Å². The molecule has 6 heteroatoms. The summed E-state index contributed by atoms with van der Waals surface area (Å²) < 4.78 is 26.7. The lowest BCUT2D eigenvalue weighted by atomic mass is 10.1. The summed E-state index contributed by atoms with van der Waals surface area (Å²) in [7, 11) is 0. The molecular formula is C9H8F2N4. The Morgan fingerprint density at radius 3 is 2.47 bits per heavy atom. The van der Waals surface area contributed by atoms with Gasteiger partial charge in [-0.15, -0.1) is 0 Å². The van der Waals surface area contributed by atoms with E-state index in [-0.39, 0.29) is 5.95 Å². The number of nitrogen functional groups attached to an aromatic ring is 2. The van der Waals surface area contributed by atoms with Crippen LogP contribution >= 0.6 is 0 Å². The molecule has 0 amide bonds. The lowest BCUT2D eigenvalue weighted by molar-refractivity contribution is 0.509. The van der Waals surface area contributed by atoms with Crippen molar-refractivity contribution in [2.24, 2.45) is 0 Å². The number of halogens is 2. The van der Waals surface area contributed by atoms with Gasteiger partial charge in [-0.3, -0.25) is 0 Å². The van der Waals surface area contributed by atoms with Gasteiger partial charge in [-0.2, -0.15) is 0 Å². The minimum Gasteiger partial charge on any atom is -0.368 e. The lowest BCUT2D eigenvalue weighted by Crippen LogP contribution is -2.09. The number of hydrogen-bond acceptors (Lipinski definition) is 3. The van der Waals surface area contributed by atoms with E-state index in [0.717, 1.165) is 16.8 Å². The van der Waals surface area contributed by atoms with Crippen LogP contribution in [0, 0.1) is 11.6 Å². The molecule has 0 aliphatic rings. The van der Waals surface area contributed by atoms with Crippen molar-refractivity contribution in [1.82, 2.24) is 9.66 Å².